The first-order chi connectivity index (χ1) is 14.6. The van der Waals surface area contributed by atoms with Crippen LogP contribution in [0.15, 0.2) is 54.6 Å². The quantitative estimate of drug-likeness (QED) is 0.607. The van der Waals surface area contributed by atoms with E-state index in [9.17, 15) is 9.59 Å². The SMILES string of the molecule is Cc1ccccc1C(=O)Nc1nc(NC(=O)C2CCCCN2)nn1-c1ccccc1. The number of amides is 2. The van der Waals surface area contributed by atoms with E-state index in [1.165, 1.54) is 4.68 Å². The summed E-state index contributed by atoms with van der Waals surface area (Å²) in [7, 11) is 0. The third-order valence-corrected chi connectivity index (χ3v) is 5.08. The molecule has 1 aliphatic rings. The highest BCUT2D eigenvalue weighted by molar-refractivity contribution is 6.04. The number of hydrogen-bond acceptors (Lipinski definition) is 5. The van der Waals surface area contributed by atoms with Crippen molar-refractivity contribution in [2.45, 2.75) is 32.2 Å². The highest BCUT2D eigenvalue weighted by atomic mass is 16.2. The molecular formula is C22H24N6O2. The number of para-hydroxylation sites is 1. The molecule has 2 aromatic carbocycles. The molecule has 1 saturated heterocycles. The van der Waals surface area contributed by atoms with Crippen LogP contribution in [0, 0.1) is 6.92 Å². The molecule has 1 fully saturated rings. The maximum atomic E-state index is 12.8. The topological polar surface area (TPSA) is 101 Å². The molecule has 1 atom stereocenters. The summed E-state index contributed by atoms with van der Waals surface area (Å²) in [4.78, 5) is 29.7. The molecular weight excluding hydrogens is 380 g/mol. The maximum absolute atomic E-state index is 12.8. The first-order valence-electron chi connectivity index (χ1n) is 10.1. The normalized spacial score (nSPS) is 16.1. The van der Waals surface area contributed by atoms with Crippen LogP contribution in [-0.4, -0.2) is 39.2 Å². The molecule has 8 nitrogen and oxygen atoms in total. The second-order valence-corrected chi connectivity index (χ2v) is 7.27. The molecule has 1 aromatic heterocycles. The van der Waals surface area contributed by atoms with E-state index in [1.54, 1.807) is 6.07 Å². The Labute approximate surface area is 174 Å². The van der Waals surface area contributed by atoms with E-state index in [2.05, 4.69) is 26.0 Å². The Morgan fingerprint density at radius 1 is 1.03 bits per heavy atom. The Kier molecular flexibility index (Phi) is 5.85. The number of aryl methyl sites for hydroxylation is 1. The third-order valence-electron chi connectivity index (χ3n) is 5.08. The standard InChI is InChI=1S/C22H24N6O2/c1-15-9-5-6-12-17(15)19(29)25-22-26-21(24-20(30)18-13-7-8-14-23-18)27-28(22)16-10-3-2-4-11-16/h2-6,9-12,18,23H,7-8,13-14H2,1H3,(H2,24,25,26,27,29,30). The fourth-order valence-electron chi connectivity index (χ4n) is 3.46. The number of piperidine rings is 1. The maximum Gasteiger partial charge on any atom is 0.258 e. The van der Waals surface area contributed by atoms with Crippen LogP contribution in [0.4, 0.5) is 11.9 Å². The van der Waals surface area contributed by atoms with Gasteiger partial charge in [-0.3, -0.25) is 20.2 Å². The van der Waals surface area contributed by atoms with E-state index in [4.69, 9.17) is 0 Å². The van der Waals surface area contributed by atoms with Gasteiger partial charge in [-0.15, -0.1) is 5.10 Å². The van der Waals surface area contributed by atoms with E-state index < -0.39 is 0 Å². The summed E-state index contributed by atoms with van der Waals surface area (Å²) in [5.41, 5.74) is 2.14. The number of benzene rings is 2. The molecule has 30 heavy (non-hydrogen) atoms. The fraction of sp³-hybridized carbons (Fsp3) is 0.273. The van der Waals surface area contributed by atoms with Crippen LogP contribution in [-0.2, 0) is 4.79 Å². The van der Waals surface area contributed by atoms with E-state index in [0.717, 1.165) is 37.1 Å². The van der Waals surface area contributed by atoms with Crippen molar-refractivity contribution in [1.82, 2.24) is 20.1 Å². The van der Waals surface area contributed by atoms with Gasteiger partial charge in [0, 0.05) is 5.56 Å². The average molecular weight is 404 g/mol. The molecule has 3 aromatic rings. The number of hydrogen-bond donors (Lipinski definition) is 3. The lowest BCUT2D eigenvalue weighted by Crippen LogP contribution is -2.43. The Hall–Kier alpha value is -3.52. The first-order valence-corrected chi connectivity index (χ1v) is 10.1. The Balaban J connectivity index is 1.60. The van der Waals surface area contributed by atoms with Crippen LogP contribution in [0.25, 0.3) is 5.69 Å². The summed E-state index contributed by atoms with van der Waals surface area (Å²) in [6.45, 7) is 2.70. The Bertz CT molecular complexity index is 1040. The first kappa shape index (κ1) is 19.8. The molecule has 8 heteroatoms. The lowest BCUT2D eigenvalue weighted by atomic mass is 10.0. The number of nitrogens with zero attached hydrogens (tertiary/aromatic N) is 3. The van der Waals surface area contributed by atoms with Gasteiger partial charge in [-0.1, -0.05) is 42.8 Å². The molecule has 4 rings (SSSR count). The fourth-order valence-corrected chi connectivity index (χ4v) is 3.46. The van der Waals surface area contributed by atoms with Crippen LogP contribution in [0.3, 0.4) is 0 Å². The van der Waals surface area contributed by atoms with Crippen molar-refractivity contribution in [1.29, 1.82) is 0 Å². The van der Waals surface area contributed by atoms with Crippen molar-refractivity contribution in [3.05, 3.63) is 65.7 Å². The molecule has 0 radical (unpaired) electrons. The molecule has 1 unspecified atom stereocenters. The Morgan fingerprint density at radius 2 is 1.80 bits per heavy atom. The highest BCUT2D eigenvalue weighted by Gasteiger charge is 2.23. The van der Waals surface area contributed by atoms with Crippen LogP contribution >= 0.6 is 0 Å². The van der Waals surface area contributed by atoms with Crippen molar-refractivity contribution in [2.24, 2.45) is 0 Å². The van der Waals surface area contributed by atoms with Crippen molar-refractivity contribution in [3.8, 4) is 5.69 Å². The molecule has 2 heterocycles. The number of carbonyl (C=O) groups excluding carboxylic acids is 2. The largest absolute Gasteiger partial charge is 0.306 e. The Morgan fingerprint density at radius 3 is 2.53 bits per heavy atom. The molecule has 2 amide bonds. The monoisotopic (exact) mass is 404 g/mol. The predicted octanol–water partition coefficient (Wildman–Crippen LogP) is 2.91. The van der Waals surface area contributed by atoms with E-state index in [-0.39, 0.29) is 29.8 Å². The second kappa shape index (κ2) is 8.87. The van der Waals surface area contributed by atoms with Gasteiger partial charge in [-0.05, 0) is 50.1 Å². The lowest BCUT2D eigenvalue weighted by Gasteiger charge is -2.21. The van der Waals surface area contributed by atoms with Gasteiger partial charge in [0.25, 0.3) is 11.9 Å². The van der Waals surface area contributed by atoms with Gasteiger partial charge in [0.05, 0.1) is 11.7 Å². The number of anilines is 2. The minimum Gasteiger partial charge on any atom is -0.306 e. The molecule has 0 aliphatic carbocycles. The van der Waals surface area contributed by atoms with Gasteiger partial charge in [0.1, 0.15) is 0 Å². The second-order valence-electron chi connectivity index (χ2n) is 7.27. The summed E-state index contributed by atoms with van der Waals surface area (Å²) in [6.07, 6.45) is 2.86. The van der Waals surface area contributed by atoms with Crippen LogP contribution in [0.1, 0.15) is 35.2 Å². The molecule has 0 spiro atoms. The van der Waals surface area contributed by atoms with Crippen molar-refractivity contribution >= 4 is 23.7 Å². The van der Waals surface area contributed by atoms with Crippen molar-refractivity contribution in [3.63, 3.8) is 0 Å². The third kappa shape index (κ3) is 4.38. The van der Waals surface area contributed by atoms with E-state index in [1.807, 2.05) is 55.5 Å². The molecule has 1 aliphatic heterocycles. The van der Waals surface area contributed by atoms with Gasteiger partial charge >= 0.3 is 0 Å². The van der Waals surface area contributed by atoms with E-state index in [0.29, 0.717) is 5.56 Å². The number of nitrogens with one attached hydrogen (secondary N) is 3. The number of rotatable bonds is 5. The molecule has 3 N–H and O–H groups in total. The van der Waals surface area contributed by atoms with Crippen molar-refractivity contribution in [2.75, 3.05) is 17.2 Å². The number of aromatic nitrogens is 3. The zero-order valence-electron chi connectivity index (χ0n) is 16.8. The summed E-state index contributed by atoms with van der Waals surface area (Å²) >= 11 is 0. The summed E-state index contributed by atoms with van der Waals surface area (Å²) in [6, 6.07) is 16.4. The van der Waals surface area contributed by atoms with E-state index >= 15 is 0 Å². The summed E-state index contributed by atoms with van der Waals surface area (Å²) < 4.78 is 1.51. The minimum absolute atomic E-state index is 0.149. The lowest BCUT2D eigenvalue weighted by molar-refractivity contribution is -0.118. The van der Waals surface area contributed by atoms with Gasteiger partial charge in [-0.2, -0.15) is 9.67 Å². The number of carbonyl (C=O) groups is 2. The highest BCUT2D eigenvalue weighted by Crippen LogP contribution is 2.18. The van der Waals surface area contributed by atoms with Crippen LogP contribution in [0.5, 0.6) is 0 Å². The minimum atomic E-state index is -0.287. The van der Waals surface area contributed by atoms with Crippen LogP contribution in [0.2, 0.25) is 0 Å². The molecule has 0 saturated carbocycles. The average Bonchev–Trinajstić information content (AvgIpc) is 3.17. The summed E-state index contributed by atoms with van der Waals surface area (Å²) in [5.74, 6) is -0.0705. The van der Waals surface area contributed by atoms with Gasteiger partial charge in [0.2, 0.25) is 11.9 Å². The van der Waals surface area contributed by atoms with Crippen LogP contribution < -0.4 is 16.0 Å². The smallest absolute Gasteiger partial charge is 0.258 e. The van der Waals surface area contributed by atoms with Gasteiger partial charge in [0.15, 0.2) is 0 Å². The summed E-state index contributed by atoms with van der Waals surface area (Å²) in [5, 5.41) is 13.2. The van der Waals surface area contributed by atoms with Gasteiger partial charge in [-0.25, -0.2) is 0 Å². The zero-order chi connectivity index (χ0) is 20.9. The zero-order valence-corrected chi connectivity index (χ0v) is 16.8. The van der Waals surface area contributed by atoms with Crippen molar-refractivity contribution < 1.29 is 9.59 Å². The molecule has 0 bridgehead atoms. The van der Waals surface area contributed by atoms with Gasteiger partial charge < -0.3 is 5.32 Å². The predicted molar refractivity (Wildman–Crippen MR) is 115 cm³/mol. The molecule has 154 valence electrons.